The van der Waals surface area contributed by atoms with Crippen LogP contribution in [0.5, 0.6) is 11.5 Å². The Hall–Kier alpha value is -0.710. The maximum Gasteiger partial charge on any atom is 0.175 e. The van der Waals surface area contributed by atoms with Gasteiger partial charge >= 0.3 is 0 Å². The van der Waals surface area contributed by atoms with E-state index in [4.69, 9.17) is 21.1 Å². The van der Waals surface area contributed by atoms with Crippen molar-refractivity contribution in [1.29, 1.82) is 0 Å². The molecule has 5 heteroatoms. The average molecular weight is 347 g/mol. The second-order valence-corrected chi connectivity index (χ2v) is 5.54. The smallest absolute Gasteiger partial charge is 0.175 e. The molecule has 0 heterocycles. The number of ether oxygens (including phenoxy) is 2. The van der Waals surface area contributed by atoms with Gasteiger partial charge in [0, 0.05) is 18.1 Å². The molecule has 1 aromatic carbocycles. The maximum absolute atomic E-state index is 5.63. The van der Waals surface area contributed by atoms with E-state index < -0.39 is 0 Å². The van der Waals surface area contributed by atoms with Crippen LogP contribution in [0.3, 0.4) is 0 Å². The van der Waals surface area contributed by atoms with Gasteiger partial charge in [-0.05, 0) is 52.5 Å². The van der Waals surface area contributed by atoms with Gasteiger partial charge in [0.05, 0.1) is 11.6 Å². The highest BCUT2D eigenvalue weighted by molar-refractivity contribution is 9.10. The molecule has 1 aromatic rings. The SMILES string of the molecule is COc1cc(CNC2CC2)cc(Br)c1OC/C=C/Cl. The van der Waals surface area contributed by atoms with Gasteiger partial charge in [0.2, 0.25) is 0 Å². The molecular weight excluding hydrogens is 330 g/mol. The summed E-state index contributed by atoms with van der Waals surface area (Å²) >= 11 is 9.00. The minimum absolute atomic E-state index is 0.415. The van der Waals surface area contributed by atoms with Gasteiger partial charge in [0.25, 0.3) is 0 Å². The molecule has 0 aliphatic heterocycles. The van der Waals surface area contributed by atoms with Gasteiger partial charge in [-0.3, -0.25) is 0 Å². The summed E-state index contributed by atoms with van der Waals surface area (Å²) in [6.45, 7) is 1.26. The van der Waals surface area contributed by atoms with Crippen LogP contribution in [0.15, 0.2) is 28.2 Å². The van der Waals surface area contributed by atoms with E-state index in [0.717, 1.165) is 16.8 Å². The zero-order valence-electron chi connectivity index (χ0n) is 10.8. The molecular formula is C14H17BrClNO2. The van der Waals surface area contributed by atoms with Crippen molar-refractivity contribution in [2.24, 2.45) is 0 Å². The Balaban J connectivity index is 2.08. The molecule has 1 aliphatic rings. The van der Waals surface area contributed by atoms with Gasteiger partial charge in [-0.2, -0.15) is 0 Å². The second-order valence-electron chi connectivity index (χ2n) is 4.44. The lowest BCUT2D eigenvalue weighted by molar-refractivity contribution is 0.324. The second kappa shape index (κ2) is 7.17. The summed E-state index contributed by atoms with van der Waals surface area (Å²) in [4.78, 5) is 0. The summed E-state index contributed by atoms with van der Waals surface area (Å²) in [5.41, 5.74) is 2.62. The molecule has 1 aliphatic carbocycles. The fraction of sp³-hybridized carbons (Fsp3) is 0.429. The fourth-order valence-corrected chi connectivity index (χ4v) is 2.41. The Morgan fingerprint density at radius 2 is 2.26 bits per heavy atom. The van der Waals surface area contributed by atoms with Crippen LogP contribution in [0.2, 0.25) is 0 Å². The largest absolute Gasteiger partial charge is 0.493 e. The van der Waals surface area contributed by atoms with Crippen molar-refractivity contribution in [3.8, 4) is 11.5 Å². The number of hydrogen-bond acceptors (Lipinski definition) is 3. The standard InChI is InChI=1S/C14H17BrClNO2/c1-18-13-8-10(9-17-11-3-4-11)7-12(15)14(13)19-6-2-5-16/h2,5,7-8,11,17H,3-4,6,9H2,1H3/b5-2+. The summed E-state index contributed by atoms with van der Waals surface area (Å²) in [7, 11) is 1.64. The lowest BCUT2D eigenvalue weighted by Crippen LogP contribution is -2.15. The number of rotatable bonds is 7. The van der Waals surface area contributed by atoms with Crippen molar-refractivity contribution in [2.45, 2.75) is 25.4 Å². The molecule has 0 aromatic heterocycles. The number of halogens is 2. The Morgan fingerprint density at radius 1 is 1.47 bits per heavy atom. The van der Waals surface area contributed by atoms with Crippen LogP contribution in [-0.2, 0) is 6.54 Å². The quantitative estimate of drug-likeness (QED) is 0.813. The molecule has 0 atom stereocenters. The van der Waals surface area contributed by atoms with Crippen LogP contribution in [0, 0.1) is 0 Å². The minimum Gasteiger partial charge on any atom is -0.493 e. The summed E-state index contributed by atoms with van der Waals surface area (Å²) in [5, 5.41) is 3.48. The predicted octanol–water partition coefficient (Wildman–Crippen LogP) is 3.84. The third kappa shape index (κ3) is 4.41. The molecule has 19 heavy (non-hydrogen) atoms. The molecule has 0 unspecified atom stereocenters. The molecule has 2 rings (SSSR count). The Labute approximate surface area is 127 Å². The molecule has 0 spiro atoms. The van der Waals surface area contributed by atoms with Crippen LogP contribution < -0.4 is 14.8 Å². The number of hydrogen-bond donors (Lipinski definition) is 1. The van der Waals surface area contributed by atoms with Gasteiger partial charge in [0.15, 0.2) is 11.5 Å². The molecule has 3 nitrogen and oxygen atoms in total. The van der Waals surface area contributed by atoms with E-state index in [1.165, 1.54) is 23.9 Å². The minimum atomic E-state index is 0.415. The molecule has 0 radical (unpaired) electrons. The molecule has 104 valence electrons. The Kier molecular flexibility index (Phi) is 5.55. The maximum atomic E-state index is 5.63. The summed E-state index contributed by atoms with van der Waals surface area (Å²) in [6.07, 6.45) is 4.30. The van der Waals surface area contributed by atoms with E-state index in [1.807, 2.05) is 6.07 Å². The molecule has 1 saturated carbocycles. The summed E-state index contributed by atoms with van der Waals surface area (Å²) in [6, 6.07) is 4.74. The topological polar surface area (TPSA) is 30.5 Å². The first-order valence-corrected chi connectivity index (χ1v) is 7.45. The van der Waals surface area contributed by atoms with Gasteiger partial charge in [-0.1, -0.05) is 11.6 Å². The monoisotopic (exact) mass is 345 g/mol. The highest BCUT2D eigenvalue weighted by Gasteiger charge is 2.20. The van der Waals surface area contributed by atoms with Crippen LogP contribution >= 0.6 is 27.5 Å². The third-order valence-electron chi connectivity index (χ3n) is 2.87. The Morgan fingerprint density at radius 3 is 2.89 bits per heavy atom. The van der Waals surface area contributed by atoms with E-state index in [-0.39, 0.29) is 0 Å². The van der Waals surface area contributed by atoms with Crippen LogP contribution in [-0.4, -0.2) is 19.8 Å². The first kappa shape index (κ1) is 14.7. The predicted molar refractivity (Wildman–Crippen MR) is 81.0 cm³/mol. The van der Waals surface area contributed by atoms with Gasteiger partial charge in [-0.15, -0.1) is 0 Å². The molecule has 1 fully saturated rings. The first-order chi connectivity index (χ1) is 9.24. The van der Waals surface area contributed by atoms with Crippen LogP contribution in [0.4, 0.5) is 0 Å². The number of benzene rings is 1. The van der Waals surface area contributed by atoms with Gasteiger partial charge < -0.3 is 14.8 Å². The molecule has 0 bridgehead atoms. The zero-order chi connectivity index (χ0) is 13.7. The van der Waals surface area contributed by atoms with Crippen molar-refractivity contribution >= 4 is 27.5 Å². The van der Waals surface area contributed by atoms with Crippen LogP contribution in [0.1, 0.15) is 18.4 Å². The van der Waals surface area contributed by atoms with E-state index in [0.29, 0.717) is 18.4 Å². The summed E-state index contributed by atoms with van der Waals surface area (Å²) in [5.74, 6) is 1.43. The van der Waals surface area contributed by atoms with Crippen molar-refractivity contribution in [3.63, 3.8) is 0 Å². The lowest BCUT2D eigenvalue weighted by atomic mass is 10.2. The number of methoxy groups -OCH3 is 1. The summed E-state index contributed by atoms with van der Waals surface area (Å²) < 4.78 is 11.9. The van der Waals surface area contributed by atoms with E-state index in [1.54, 1.807) is 13.2 Å². The average Bonchev–Trinajstić information content (AvgIpc) is 3.22. The van der Waals surface area contributed by atoms with Crippen molar-refractivity contribution in [2.75, 3.05) is 13.7 Å². The van der Waals surface area contributed by atoms with Gasteiger partial charge in [-0.25, -0.2) is 0 Å². The van der Waals surface area contributed by atoms with Crippen molar-refractivity contribution < 1.29 is 9.47 Å². The van der Waals surface area contributed by atoms with Crippen LogP contribution in [0.25, 0.3) is 0 Å². The van der Waals surface area contributed by atoms with E-state index in [2.05, 4.69) is 27.3 Å². The number of nitrogens with one attached hydrogen (secondary N) is 1. The van der Waals surface area contributed by atoms with Crippen molar-refractivity contribution in [1.82, 2.24) is 5.32 Å². The first-order valence-electron chi connectivity index (χ1n) is 6.22. The third-order valence-corrected chi connectivity index (χ3v) is 3.64. The highest BCUT2D eigenvalue weighted by Crippen LogP contribution is 2.36. The van der Waals surface area contributed by atoms with E-state index >= 15 is 0 Å². The zero-order valence-corrected chi connectivity index (χ0v) is 13.1. The highest BCUT2D eigenvalue weighted by atomic mass is 79.9. The Bertz CT molecular complexity index is 461. The lowest BCUT2D eigenvalue weighted by Gasteiger charge is -2.13. The fourth-order valence-electron chi connectivity index (χ4n) is 1.73. The van der Waals surface area contributed by atoms with E-state index in [9.17, 15) is 0 Å². The molecule has 1 N–H and O–H groups in total. The molecule has 0 amide bonds. The van der Waals surface area contributed by atoms with Gasteiger partial charge in [0.1, 0.15) is 6.61 Å². The molecule has 0 saturated heterocycles. The van der Waals surface area contributed by atoms with Crippen molar-refractivity contribution in [3.05, 3.63) is 33.8 Å². The normalized spacial score (nSPS) is 14.9.